The van der Waals surface area contributed by atoms with Gasteiger partial charge in [0, 0.05) is 17.9 Å². The molecule has 1 saturated heterocycles. The standard InChI is InChI=1S/C13H12FN3O2S2/c14-7-1-2-8-10(5-7)21-13(16-8)17-12(19)9-6-20-4-3-11(18)15-9/h1-2,5,9H,3-4,6H2,(H,15,18)(H,16,17,19)/t9-/m0/s1. The number of thioether (sulfide) groups is 1. The Kier molecular flexibility index (Phi) is 4.07. The van der Waals surface area contributed by atoms with Crippen molar-refractivity contribution in [3.63, 3.8) is 0 Å². The zero-order chi connectivity index (χ0) is 14.8. The molecule has 2 amide bonds. The van der Waals surface area contributed by atoms with Crippen LogP contribution in [0.25, 0.3) is 10.2 Å². The monoisotopic (exact) mass is 325 g/mol. The molecule has 8 heteroatoms. The predicted octanol–water partition coefficient (Wildman–Crippen LogP) is 2.00. The summed E-state index contributed by atoms with van der Waals surface area (Å²) in [5, 5.41) is 5.78. The average molecular weight is 325 g/mol. The Morgan fingerprint density at radius 3 is 3.19 bits per heavy atom. The number of thiazole rings is 1. The van der Waals surface area contributed by atoms with Crippen molar-refractivity contribution in [2.75, 3.05) is 16.8 Å². The normalized spacial score (nSPS) is 19.1. The fraction of sp³-hybridized carbons (Fsp3) is 0.308. The molecule has 0 unspecified atom stereocenters. The van der Waals surface area contributed by atoms with E-state index in [0.29, 0.717) is 27.5 Å². The lowest BCUT2D eigenvalue weighted by molar-refractivity contribution is -0.125. The van der Waals surface area contributed by atoms with E-state index in [9.17, 15) is 14.0 Å². The van der Waals surface area contributed by atoms with Crippen molar-refractivity contribution in [1.82, 2.24) is 10.3 Å². The third-order valence-electron chi connectivity index (χ3n) is 2.99. The Balaban J connectivity index is 1.74. The Bertz CT molecular complexity index is 704. The number of carbonyl (C=O) groups excluding carboxylic acids is 2. The number of carbonyl (C=O) groups is 2. The molecule has 1 aliphatic heterocycles. The predicted molar refractivity (Wildman–Crippen MR) is 82.1 cm³/mol. The van der Waals surface area contributed by atoms with E-state index in [1.807, 2.05) is 0 Å². The van der Waals surface area contributed by atoms with Crippen LogP contribution in [-0.2, 0) is 9.59 Å². The molecule has 1 atom stereocenters. The number of hydrogen-bond acceptors (Lipinski definition) is 5. The van der Waals surface area contributed by atoms with Crippen molar-refractivity contribution in [3.8, 4) is 0 Å². The van der Waals surface area contributed by atoms with E-state index in [2.05, 4.69) is 15.6 Å². The van der Waals surface area contributed by atoms with Crippen LogP contribution >= 0.6 is 23.1 Å². The number of amides is 2. The maximum atomic E-state index is 13.1. The average Bonchev–Trinajstić information content (AvgIpc) is 2.69. The highest BCUT2D eigenvalue weighted by atomic mass is 32.2. The van der Waals surface area contributed by atoms with Gasteiger partial charge in [0.25, 0.3) is 0 Å². The highest BCUT2D eigenvalue weighted by molar-refractivity contribution is 7.99. The molecule has 3 rings (SSSR count). The summed E-state index contributed by atoms with van der Waals surface area (Å²) in [5.74, 6) is 0.507. The zero-order valence-electron chi connectivity index (χ0n) is 10.9. The molecule has 1 aromatic carbocycles. The molecule has 2 heterocycles. The van der Waals surface area contributed by atoms with E-state index >= 15 is 0 Å². The molecule has 5 nitrogen and oxygen atoms in total. The van der Waals surface area contributed by atoms with E-state index in [1.54, 1.807) is 17.8 Å². The van der Waals surface area contributed by atoms with Crippen molar-refractivity contribution in [2.24, 2.45) is 0 Å². The Hall–Kier alpha value is -1.67. The van der Waals surface area contributed by atoms with Gasteiger partial charge in [-0.1, -0.05) is 11.3 Å². The van der Waals surface area contributed by atoms with Gasteiger partial charge in [-0.05, 0) is 18.2 Å². The molecule has 0 saturated carbocycles. The molecule has 2 aromatic rings. The summed E-state index contributed by atoms with van der Waals surface area (Å²) >= 11 is 2.77. The van der Waals surface area contributed by atoms with Crippen LogP contribution < -0.4 is 10.6 Å². The molecular formula is C13H12FN3O2S2. The van der Waals surface area contributed by atoms with Gasteiger partial charge in [0.2, 0.25) is 11.8 Å². The summed E-state index contributed by atoms with van der Waals surface area (Å²) in [5.41, 5.74) is 0.635. The Morgan fingerprint density at radius 1 is 1.48 bits per heavy atom. The first-order valence-electron chi connectivity index (χ1n) is 6.36. The number of hydrogen-bond donors (Lipinski definition) is 2. The minimum absolute atomic E-state index is 0.119. The molecule has 110 valence electrons. The molecule has 0 spiro atoms. The van der Waals surface area contributed by atoms with E-state index in [1.165, 1.54) is 23.5 Å². The number of benzene rings is 1. The van der Waals surface area contributed by atoms with Gasteiger partial charge in [-0.15, -0.1) is 0 Å². The SMILES string of the molecule is O=C1CCSC[C@@H](C(=O)Nc2nc3ccc(F)cc3s2)N1. The number of nitrogens with one attached hydrogen (secondary N) is 2. The van der Waals surface area contributed by atoms with Gasteiger partial charge in [0.05, 0.1) is 10.2 Å². The quantitative estimate of drug-likeness (QED) is 0.886. The van der Waals surface area contributed by atoms with Gasteiger partial charge in [-0.3, -0.25) is 9.59 Å². The Morgan fingerprint density at radius 2 is 2.33 bits per heavy atom. The number of rotatable bonds is 2. The summed E-state index contributed by atoms with van der Waals surface area (Å²) in [6.07, 6.45) is 0.425. The second kappa shape index (κ2) is 5.98. The Labute approximate surface area is 128 Å². The lowest BCUT2D eigenvalue weighted by Gasteiger charge is -2.13. The minimum Gasteiger partial charge on any atom is -0.343 e. The maximum absolute atomic E-state index is 13.1. The summed E-state index contributed by atoms with van der Waals surface area (Å²) in [6, 6.07) is 3.72. The molecule has 1 fully saturated rings. The van der Waals surface area contributed by atoms with Crippen molar-refractivity contribution < 1.29 is 14.0 Å². The molecule has 1 aliphatic rings. The van der Waals surface area contributed by atoms with Crippen molar-refractivity contribution in [3.05, 3.63) is 24.0 Å². The van der Waals surface area contributed by atoms with Crippen LogP contribution in [0.4, 0.5) is 9.52 Å². The molecule has 0 radical (unpaired) electrons. The molecule has 1 aromatic heterocycles. The molecule has 0 bridgehead atoms. The number of aromatic nitrogens is 1. The number of fused-ring (bicyclic) bond motifs is 1. The first-order chi connectivity index (χ1) is 10.1. The molecule has 21 heavy (non-hydrogen) atoms. The van der Waals surface area contributed by atoms with E-state index in [4.69, 9.17) is 0 Å². The fourth-order valence-corrected chi connectivity index (χ4v) is 3.82. The van der Waals surface area contributed by atoms with E-state index < -0.39 is 6.04 Å². The zero-order valence-corrected chi connectivity index (χ0v) is 12.5. The highest BCUT2D eigenvalue weighted by Crippen LogP contribution is 2.26. The third kappa shape index (κ3) is 3.33. The fourth-order valence-electron chi connectivity index (χ4n) is 1.96. The molecule has 0 aliphatic carbocycles. The van der Waals surface area contributed by atoms with Gasteiger partial charge in [0.1, 0.15) is 11.9 Å². The summed E-state index contributed by atoms with van der Waals surface area (Å²) in [4.78, 5) is 27.9. The van der Waals surface area contributed by atoms with E-state index in [-0.39, 0.29) is 17.6 Å². The lowest BCUT2D eigenvalue weighted by atomic mass is 10.3. The van der Waals surface area contributed by atoms with Gasteiger partial charge in [-0.25, -0.2) is 9.37 Å². The number of anilines is 1. The summed E-state index contributed by atoms with van der Waals surface area (Å²) in [6.45, 7) is 0. The van der Waals surface area contributed by atoms with Gasteiger partial charge < -0.3 is 10.6 Å². The van der Waals surface area contributed by atoms with Crippen LogP contribution in [0, 0.1) is 5.82 Å². The van der Waals surface area contributed by atoms with Crippen molar-refractivity contribution in [1.29, 1.82) is 0 Å². The van der Waals surface area contributed by atoms with Crippen LogP contribution in [0.2, 0.25) is 0 Å². The number of halogens is 1. The smallest absolute Gasteiger partial charge is 0.249 e. The lowest BCUT2D eigenvalue weighted by Crippen LogP contribution is -2.44. The van der Waals surface area contributed by atoms with E-state index in [0.717, 1.165) is 5.75 Å². The third-order valence-corrected chi connectivity index (χ3v) is 4.99. The van der Waals surface area contributed by atoms with Gasteiger partial charge >= 0.3 is 0 Å². The first-order valence-corrected chi connectivity index (χ1v) is 8.33. The first kappa shape index (κ1) is 14.3. The van der Waals surface area contributed by atoms with Crippen molar-refractivity contribution >= 4 is 50.3 Å². The largest absolute Gasteiger partial charge is 0.343 e. The van der Waals surface area contributed by atoms with Gasteiger partial charge in [0.15, 0.2) is 5.13 Å². The van der Waals surface area contributed by atoms with Gasteiger partial charge in [-0.2, -0.15) is 11.8 Å². The highest BCUT2D eigenvalue weighted by Gasteiger charge is 2.24. The minimum atomic E-state index is -0.561. The second-order valence-electron chi connectivity index (χ2n) is 4.57. The van der Waals surface area contributed by atoms with Crippen LogP contribution in [0.5, 0.6) is 0 Å². The maximum Gasteiger partial charge on any atom is 0.249 e. The molecular weight excluding hydrogens is 313 g/mol. The second-order valence-corrected chi connectivity index (χ2v) is 6.75. The van der Waals surface area contributed by atoms with Crippen molar-refractivity contribution in [2.45, 2.75) is 12.5 Å². The van der Waals surface area contributed by atoms with Crippen LogP contribution in [-0.4, -0.2) is 34.3 Å². The van der Waals surface area contributed by atoms with Crippen LogP contribution in [0.1, 0.15) is 6.42 Å². The summed E-state index contributed by atoms with van der Waals surface area (Å²) in [7, 11) is 0. The summed E-state index contributed by atoms with van der Waals surface area (Å²) < 4.78 is 13.8. The topological polar surface area (TPSA) is 71.1 Å². The molecule has 2 N–H and O–H groups in total. The van der Waals surface area contributed by atoms with Crippen LogP contribution in [0.15, 0.2) is 18.2 Å². The number of nitrogens with zero attached hydrogens (tertiary/aromatic N) is 1. The van der Waals surface area contributed by atoms with Crippen LogP contribution in [0.3, 0.4) is 0 Å².